The summed E-state index contributed by atoms with van der Waals surface area (Å²) in [6.45, 7) is 0. The van der Waals surface area contributed by atoms with Gasteiger partial charge in [-0.1, -0.05) is 12.8 Å². The van der Waals surface area contributed by atoms with Crippen LogP contribution in [0.1, 0.15) is 36.0 Å². The first-order chi connectivity index (χ1) is 9.15. The van der Waals surface area contributed by atoms with Crippen LogP contribution in [-0.2, 0) is 0 Å². The van der Waals surface area contributed by atoms with Crippen LogP contribution < -0.4 is 9.47 Å². The number of nitrogens with zero attached hydrogens (tertiary/aromatic N) is 1. The molecule has 0 radical (unpaired) electrons. The van der Waals surface area contributed by atoms with Gasteiger partial charge < -0.3 is 14.4 Å². The molecule has 1 aliphatic rings. The van der Waals surface area contributed by atoms with E-state index >= 15 is 0 Å². The first kappa shape index (κ1) is 13.7. The molecule has 0 aromatic heterocycles. The zero-order valence-electron chi connectivity index (χ0n) is 11.8. The number of benzene rings is 1. The molecule has 4 nitrogen and oxygen atoms in total. The summed E-state index contributed by atoms with van der Waals surface area (Å²) in [6.07, 6.45) is 4.63. The summed E-state index contributed by atoms with van der Waals surface area (Å²) in [5, 5.41) is 0. The Labute approximate surface area is 114 Å². The van der Waals surface area contributed by atoms with Gasteiger partial charge in [0.25, 0.3) is 5.91 Å². The Morgan fingerprint density at radius 1 is 1.11 bits per heavy atom. The molecule has 1 aliphatic carbocycles. The molecule has 4 heteroatoms. The van der Waals surface area contributed by atoms with Gasteiger partial charge in [-0.2, -0.15) is 0 Å². The quantitative estimate of drug-likeness (QED) is 0.838. The van der Waals surface area contributed by atoms with Crippen LogP contribution in [0.15, 0.2) is 18.2 Å². The average molecular weight is 263 g/mol. The predicted octanol–water partition coefficient (Wildman–Crippen LogP) is 2.72. The molecule has 1 fully saturated rings. The molecule has 0 unspecified atom stereocenters. The van der Waals surface area contributed by atoms with Gasteiger partial charge in [-0.25, -0.2) is 0 Å². The third kappa shape index (κ3) is 3.00. The zero-order chi connectivity index (χ0) is 13.8. The van der Waals surface area contributed by atoms with Gasteiger partial charge in [0.2, 0.25) is 0 Å². The fourth-order valence-electron chi connectivity index (χ4n) is 2.59. The summed E-state index contributed by atoms with van der Waals surface area (Å²) >= 11 is 0. The van der Waals surface area contributed by atoms with E-state index in [-0.39, 0.29) is 5.91 Å². The van der Waals surface area contributed by atoms with Crippen LogP contribution in [0.4, 0.5) is 0 Å². The normalized spacial score (nSPS) is 15.3. The van der Waals surface area contributed by atoms with Crippen LogP contribution in [0, 0.1) is 0 Å². The Balaban J connectivity index is 2.21. The average Bonchev–Trinajstić information content (AvgIpc) is 2.99. The van der Waals surface area contributed by atoms with E-state index in [4.69, 9.17) is 9.47 Å². The summed E-state index contributed by atoms with van der Waals surface area (Å²) in [5.41, 5.74) is 0.616. The molecular weight excluding hydrogens is 242 g/mol. The lowest BCUT2D eigenvalue weighted by molar-refractivity contribution is 0.0734. The molecule has 1 amide bonds. The third-order valence-corrected chi connectivity index (χ3v) is 3.79. The van der Waals surface area contributed by atoms with E-state index in [0.29, 0.717) is 23.1 Å². The van der Waals surface area contributed by atoms with Crippen LogP contribution in [0.5, 0.6) is 11.5 Å². The molecule has 1 aromatic carbocycles. The highest BCUT2D eigenvalue weighted by Crippen LogP contribution is 2.27. The van der Waals surface area contributed by atoms with Gasteiger partial charge in [-0.15, -0.1) is 0 Å². The van der Waals surface area contributed by atoms with Crippen molar-refractivity contribution in [1.29, 1.82) is 0 Å². The van der Waals surface area contributed by atoms with Crippen molar-refractivity contribution in [2.75, 3.05) is 21.3 Å². The summed E-state index contributed by atoms with van der Waals surface area (Å²) in [7, 11) is 5.05. The maximum atomic E-state index is 12.5. The molecule has 104 valence electrons. The molecule has 0 spiro atoms. The number of rotatable bonds is 4. The minimum absolute atomic E-state index is 0.0316. The second-order valence-corrected chi connectivity index (χ2v) is 4.96. The molecule has 0 saturated heterocycles. The minimum Gasteiger partial charge on any atom is -0.497 e. The second-order valence-electron chi connectivity index (χ2n) is 4.96. The van der Waals surface area contributed by atoms with Crippen LogP contribution in [0.25, 0.3) is 0 Å². The van der Waals surface area contributed by atoms with Crippen LogP contribution >= 0.6 is 0 Å². The highest BCUT2D eigenvalue weighted by molar-refractivity contribution is 5.95. The molecular formula is C15H21NO3. The molecule has 1 saturated carbocycles. The Hall–Kier alpha value is -1.71. The topological polar surface area (TPSA) is 38.8 Å². The van der Waals surface area contributed by atoms with Gasteiger partial charge in [0.1, 0.15) is 11.5 Å². The number of hydrogen-bond donors (Lipinski definition) is 0. The fourth-order valence-corrected chi connectivity index (χ4v) is 2.59. The smallest absolute Gasteiger partial charge is 0.254 e. The molecule has 0 bridgehead atoms. The van der Waals surface area contributed by atoms with Crippen molar-refractivity contribution in [3.63, 3.8) is 0 Å². The van der Waals surface area contributed by atoms with Gasteiger partial charge in [-0.05, 0) is 25.0 Å². The second kappa shape index (κ2) is 5.95. The Morgan fingerprint density at radius 2 is 1.63 bits per heavy atom. The van der Waals surface area contributed by atoms with Crippen molar-refractivity contribution in [3.8, 4) is 11.5 Å². The maximum Gasteiger partial charge on any atom is 0.254 e. The van der Waals surface area contributed by atoms with Gasteiger partial charge in [0.05, 0.1) is 14.2 Å². The number of carbonyl (C=O) groups excluding carboxylic acids is 1. The number of carbonyl (C=O) groups is 1. The summed E-state index contributed by atoms with van der Waals surface area (Å²) in [4.78, 5) is 14.3. The van der Waals surface area contributed by atoms with Crippen molar-refractivity contribution in [2.45, 2.75) is 31.7 Å². The first-order valence-electron chi connectivity index (χ1n) is 6.66. The van der Waals surface area contributed by atoms with Crippen molar-refractivity contribution in [1.82, 2.24) is 4.90 Å². The van der Waals surface area contributed by atoms with E-state index in [2.05, 4.69) is 0 Å². The van der Waals surface area contributed by atoms with E-state index in [0.717, 1.165) is 12.8 Å². The number of amides is 1. The van der Waals surface area contributed by atoms with E-state index in [1.807, 2.05) is 11.9 Å². The largest absolute Gasteiger partial charge is 0.497 e. The maximum absolute atomic E-state index is 12.5. The number of methoxy groups -OCH3 is 2. The molecule has 1 aromatic rings. The lowest BCUT2D eigenvalue weighted by atomic mass is 10.1. The SMILES string of the molecule is COc1cc(OC)cc(C(=O)N(C)C2CCCC2)c1. The van der Waals surface area contributed by atoms with E-state index < -0.39 is 0 Å². The predicted molar refractivity (Wildman–Crippen MR) is 73.9 cm³/mol. The molecule has 0 heterocycles. The van der Waals surface area contributed by atoms with Gasteiger partial charge >= 0.3 is 0 Å². The van der Waals surface area contributed by atoms with Gasteiger partial charge in [0, 0.05) is 24.7 Å². The Morgan fingerprint density at radius 3 is 2.11 bits per heavy atom. The minimum atomic E-state index is 0.0316. The Kier molecular flexibility index (Phi) is 4.30. The summed E-state index contributed by atoms with van der Waals surface area (Å²) < 4.78 is 10.4. The summed E-state index contributed by atoms with van der Waals surface area (Å²) in [5.74, 6) is 1.31. The summed E-state index contributed by atoms with van der Waals surface area (Å²) in [6, 6.07) is 5.66. The van der Waals surface area contributed by atoms with Crippen molar-refractivity contribution in [2.24, 2.45) is 0 Å². The molecule has 0 atom stereocenters. The fraction of sp³-hybridized carbons (Fsp3) is 0.533. The monoisotopic (exact) mass is 263 g/mol. The first-order valence-corrected chi connectivity index (χ1v) is 6.66. The van der Waals surface area contributed by atoms with Crippen molar-refractivity contribution < 1.29 is 14.3 Å². The molecule has 2 rings (SSSR count). The molecule has 0 N–H and O–H groups in total. The highest BCUT2D eigenvalue weighted by Gasteiger charge is 2.24. The van der Waals surface area contributed by atoms with Gasteiger partial charge in [-0.3, -0.25) is 4.79 Å². The van der Waals surface area contributed by atoms with E-state index in [1.165, 1.54) is 12.8 Å². The van der Waals surface area contributed by atoms with Gasteiger partial charge in [0.15, 0.2) is 0 Å². The number of ether oxygens (including phenoxy) is 2. The van der Waals surface area contributed by atoms with Crippen LogP contribution in [-0.4, -0.2) is 38.1 Å². The lowest BCUT2D eigenvalue weighted by Crippen LogP contribution is -2.35. The standard InChI is InChI=1S/C15H21NO3/c1-16(12-6-4-5-7-12)15(17)11-8-13(18-2)10-14(9-11)19-3/h8-10,12H,4-7H2,1-3H3. The van der Waals surface area contributed by atoms with Crippen molar-refractivity contribution in [3.05, 3.63) is 23.8 Å². The van der Waals surface area contributed by atoms with E-state index in [1.54, 1.807) is 32.4 Å². The Bertz CT molecular complexity index is 430. The van der Waals surface area contributed by atoms with Crippen LogP contribution in [0.3, 0.4) is 0 Å². The van der Waals surface area contributed by atoms with Crippen LogP contribution in [0.2, 0.25) is 0 Å². The highest BCUT2D eigenvalue weighted by atomic mass is 16.5. The zero-order valence-corrected chi connectivity index (χ0v) is 11.8. The third-order valence-electron chi connectivity index (χ3n) is 3.79. The number of hydrogen-bond acceptors (Lipinski definition) is 3. The lowest BCUT2D eigenvalue weighted by Gasteiger charge is -2.24. The van der Waals surface area contributed by atoms with E-state index in [9.17, 15) is 4.79 Å². The molecule has 19 heavy (non-hydrogen) atoms. The van der Waals surface area contributed by atoms with Crippen molar-refractivity contribution >= 4 is 5.91 Å². The molecule has 0 aliphatic heterocycles.